The number of aryl methyl sites for hydroxylation is 1. The Labute approximate surface area is 61.8 Å². The second-order valence-electron chi connectivity index (χ2n) is 1.83. The van der Waals surface area contributed by atoms with E-state index in [0.29, 0.717) is 0 Å². The molecule has 0 amide bonds. The number of nitrogens with zero attached hydrogens (tertiary/aromatic N) is 1. The Hall–Kier alpha value is -0.570. The zero-order chi connectivity index (χ0) is 6.85. The Balaban J connectivity index is 3.17. The molecule has 0 aliphatic heterocycles. The predicted octanol–water partition coefficient (Wildman–Crippen LogP) is 1.28. The highest BCUT2D eigenvalue weighted by Gasteiger charge is 2.01. The van der Waals surface area contributed by atoms with Crippen LogP contribution in [-0.2, 0) is 0 Å². The van der Waals surface area contributed by atoms with Gasteiger partial charge in [0.15, 0.2) is 0 Å². The molecule has 1 aromatic heterocycles. The van der Waals surface area contributed by atoms with Crippen LogP contribution in [0.5, 0.6) is 0 Å². The van der Waals surface area contributed by atoms with Crippen molar-refractivity contribution in [1.29, 1.82) is 0 Å². The summed E-state index contributed by atoms with van der Waals surface area (Å²) in [6.45, 7) is 1.82. The predicted molar refractivity (Wildman–Crippen MR) is 36.3 cm³/mol. The topological polar surface area (TPSA) is 24.1 Å². The third kappa shape index (κ3) is 1.42. The van der Waals surface area contributed by atoms with Crippen molar-refractivity contribution in [2.45, 2.75) is 6.92 Å². The van der Waals surface area contributed by atoms with Gasteiger partial charge in [-0.15, -0.1) is 0 Å². The minimum atomic E-state index is 0.810. The summed E-state index contributed by atoms with van der Waals surface area (Å²) >= 11 is 3.27. The van der Waals surface area contributed by atoms with Gasteiger partial charge in [0.2, 0.25) is 11.9 Å². The van der Waals surface area contributed by atoms with Crippen LogP contribution in [0, 0.1) is 6.92 Å². The number of aromatic nitrogens is 1. The zero-order valence-corrected chi connectivity index (χ0v) is 6.59. The normalized spacial score (nSPS) is 9.56. The monoisotopic (exact) mass is 188 g/mol. The fourth-order valence-corrected chi connectivity index (χ4v) is 1.02. The average molecular weight is 189 g/mol. The standard InChI is InChI=1S/C6H7BrNO/c1-5-4-6(7)2-3-8(5)9/h2-4,9H,1H3/q+1. The van der Waals surface area contributed by atoms with Crippen LogP contribution in [0.1, 0.15) is 5.69 Å². The molecule has 0 aromatic carbocycles. The lowest BCUT2D eigenvalue weighted by Gasteiger charge is -1.87. The molecule has 3 heteroatoms. The molecule has 2 nitrogen and oxygen atoms in total. The lowest BCUT2D eigenvalue weighted by Crippen LogP contribution is -2.32. The maximum absolute atomic E-state index is 8.94. The quantitative estimate of drug-likeness (QED) is 0.482. The van der Waals surface area contributed by atoms with E-state index in [1.54, 1.807) is 12.3 Å². The van der Waals surface area contributed by atoms with E-state index in [0.717, 1.165) is 14.9 Å². The van der Waals surface area contributed by atoms with Crippen molar-refractivity contribution >= 4 is 15.9 Å². The number of hydrogen-bond donors (Lipinski definition) is 1. The van der Waals surface area contributed by atoms with Gasteiger partial charge < -0.3 is 0 Å². The van der Waals surface area contributed by atoms with Gasteiger partial charge in [0.1, 0.15) is 0 Å². The molecule has 0 aliphatic rings. The van der Waals surface area contributed by atoms with Crippen molar-refractivity contribution < 1.29 is 9.94 Å². The molecule has 0 bridgehead atoms. The molecule has 1 heterocycles. The third-order valence-corrected chi connectivity index (χ3v) is 1.58. The molecule has 0 aliphatic carbocycles. The van der Waals surface area contributed by atoms with Crippen LogP contribution >= 0.6 is 15.9 Å². The Morgan fingerprint density at radius 2 is 2.33 bits per heavy atom. The highest BCUT2D eigenvalue weighted by atomic mass is 79.9. The number of hydrogen-bond acceptors (Lipinski definition) is 1. The van der Waals surface area contributed by atoms with Gasteiger partial charge in [-0.2, -0.15) is 0 Å². The van der Waals surface area contributed by atoms with Gasteiger partial charge >= 0.3 is 0 Å². The summed E-state index contributed by atoms with van der Waals surface area (Å²) in [6, 6.07) is 3.60. The van der Waals surface area contributed by atoms with Gasteiger partial charge in [-0.3, -0.25) is 5.21 Å². The minimum absolute atomic E-state index is 0.810. The Morgan fingerprint density at radius 1 is 1.67 bits per heavy atom. The van der Waals surface area contributed by atoms with E-state index < -0.39 is 0 Å². The van der Waals surface area contributed by atoms with Gasteiger partial charge in [0.05, 0.1) is 0 Å². The first-order valence-corrected chi connectivity index (χ1v) is 3.36. The maximum Gasteiger partial charge on any atom is 0.232 e. The van der Waals surface area contributed by atoms with Crippen LogP contribution in [0.15, 0.2) is 22.8 Å². The maximum atomic E-state index is 8.94. The molecule has 0 fully saturated rings. The fourth-order valence-electron chi connectivity index (χ4n) is 0.573. The van der Waals surface area contributed by atoms with Crippen LogP contribution in [0.2, 0.25) is 0 Å². The summed E-state index contributed by atoms with van der Waals surface area (Å²) in [5.41, 5.74) is 0.810. The van der Waals surface area contributed by atoms with Gasteiger partial charge in [0, 0.05) is 28.3 Å². The molecule has 0 unspecified atom stereocenters. The van der Waals surface area contributed by atoms with Crippen LogP contribution in [0.3, 0.4) is 0 Å². The molecule has 0 saturated heterocycles. The molecule has 1 N–H and O–H groups in total. The molecule has 0 saturated carbocycles. The van der Waals surface area contributed by atoms with E-state index in [1.165, 1.54) is 0 Å². The van der Waals surface area contributed by atoms with Crippen molar-refractivity contribution in [3.8, 4) is 0 Å². The summed E-state index contributed by atoms with van der Waals surface area (Å²) in [7, 11) is 0. The molecule has 1 rings (SSSR count). The molecule has 48 valence electrons. The van der Waals surface area contributed by atoms with Crippen molar-refractivity contribution in [2.24, 2.45) is 0 Å². The highest BCUT2D eigenvalue weighted by molar-refractivity contribution is 9.10. The summed E-state index contributed by atoms with van der Waals surface area (Å²) < 4.78 is 2.05. The van der Waals surface area contributed by atoms with Crippen LogP contribution in [0.25, 0.3) is 0 Å². The molecule has 0 radical (unpaired) electrons. The number of halogens is 1. The first-order valence-electron chi connectivity index (χ1n) is 2.57. The van der Waals surface area contributed by atoms with Gasteiger partial charge in [-0.25, -0.2) is 0 Å². The van der Waals surface area contributed by atoms with E-state index >= 15 is 0 Å². The smallest absolute Gasteiger partial charge is 0.232 e. The summed E-state index contributed by atoms with van der Waals surface area (Å²) in [6.07, 6.45) is 1.58. The number of rotatable bonds is 0. The molecule has 0 spiro atoms. The molecule has 1 aromatic rings. The SMILES string of the molecule is Cc1cc(Br)cc[n+]1O. The average Bonchev–Trinajstić information content (AvgIpc) is 1.80. The van der Waals surface area contributed by atoms with Gasteiger partial charge in [0.25, 0.3) is 0 Å². The van der Waals surface area contributed by atoms with Gasteiger partial charge in [-0.05, 0) is 0 Å². The summed E-state index contributed by atoms with van der Waals surface area (Å²) in [4.78, 5) is 0. The van der Waals surface area contributed by atoms with Crippen molar-refractivity contribution in [3.63, 3.8) is 0 Å². The molecular weight excluding hydrogens is 182 g/mol. The van der Waals surface area contributed by atoms with Crippen LogP contribution in [0.4, 0.5) is 0 Å². The molecule has 0 atom stereocenters. The molecular formula is C6H7BrNO+. The summed E-state index contributed by atoms with van der Waals surface area (Å²) in [5, 5.41) is 8.94. The van der Waals surface area contributed by atoms with Crippen molar-refractivity contribution in [3.05, 3.63) is 28.5 Å². The fraction of sp³-hybridized carbons (Fsp3) is 0.167. The lowest BCUT2D eigenvalue weighted by atomic mass is 10.4. The highest BCUT2D eigenvalue weighted by Crippen LogP contribution is 2.06. The number of pyridine rings is 1. The second-order valence-corrected chi connectivity index (χ2v) is 2.75. The Morgan fingerprint density at radius 3 is 2.78 bits per heavy atom. The first kappa shape index (κ1) is 6.55. The minimum Gasteiger partial charge on any atom is -0.285 e. The van der Waals surface area contributed by atoms with E-state index in [4.69, 9.17) is 5.21 Å². The first-order chi connectivity index (χ1) is 4.20. The van der Waals surface area contributed by atoms with E-state index in [2.05, 4.69) is 15.9 Å². The van der Waals surface area contributed by atoms with Crippen LogP contribution in [-0.4, -0.2) is 5.21 Å². The van der Waals surface area contributed by atoms with Gasteiger partial charge in [-0.1, -0.05) is 15.9 Å². The van der Waals surface area contributed by atoms with Crippen molar-refractivity contribution in [1.82, 2.24) is 0 Å². The second kappa shape index (κ2) is 2.35. The van der Waals surface area contributed by atoms with Crippen molar-refractivity contribution in [2.75, 3.05) is 0 Å². The Kier molecular flexibility index (Phi) is 1.71. The Bertz CT molecular complexity index is 224. The van der Waals surface area contributed by atoms with E-state index in [9.17, 15) is 0 Å². The molecule has 9 heavy (non-hydrogen) atoms. The third-order valence-electron chi connectivity index (χ3n) is 1.08. The van der Waals surface area contributed by atoms with E-state index in [1.807, 2.05) is 13.0 Å². The zero-order valence-electron chi connectivity index (χ0n) is 5.00. The lowest BCUT2D eigenvalue weighted by molar-refractivity contribution is -0.908. The largest absolute Gasteiger partial charge is 0.285 e. The summed E-state index contributed by atoms with van der Waals surface area (Å²) in [5.74, 6) is 0. The van der Waals surface area contributed by atoms with E-state index in [-0.39, 0.29) is 0 Å². The van der Waals surface area contributed by atoms with Crippen LogP contribution < -0.4 is 4.73 Å².